The molecule has 180 valence electrons. The molecule has 1 fully saturated rings. The van der Waals surface area contributed by atoms with E-state index in [2.05, 4.69) is 32.4 Å². The predicted octanol–water partition coefficient (Wildman–Crippen LogP) is 4.74. The first-order valence-corrected chi connectivity index (χ1v) is 12.1. The highest BCUT2D eigenvalue weighted by atomic mass is 16.5. The number of aromatic nitrogens is 5. The van der Waals surface area contributed by atoms with Crippen molar-refractivity contribution >= 4 is 27.9 Å². The summed E-state index contributed by atoms with van der Waals surface area (Å²) in [4.78, 5) is 21.7. The Morgan fingerprint density at radius 1 is 0.944 bits per heavy atom. The van der Waals surface area contributed by atoms with Gasteiger partial charge in [0.05, 0.1) is 23.3 Å². The zero-order valence-corrected chi connectivity index (χ0v) is 19.5. The zero-order chi connectivity index (χ0) is 23.9. The molecule has 9 heteroatoms. The van der Waals surface area contributed by atoms with Crippen molar-refractivity contribution < 1.29 is 14.2 Å². The highest BCUT2D eigenvalue weighted by Crippen LogP contribution is 2.37. The Balaban J connectivity index is 1.36. The molecule has 1 aromatic carbocycles. The minimum absolute atomic E-state index is 0.295. The normalized spacial score (nSPS) is 15.3. The van der Waals surface area contributed by atoms with Crippen molar-refractivity contribution in [2.24, 2.45) is 5.92 Å². The van der Waals surface area contributed by atoms with Gasteiger partial charge in [-0.25, -0.2) is 0 Å². The Labute approximate surface area is 206 Å². The molecule has 2 N–H and O–H groups in total. The zero-order valence-electron chi connectivity index (χ0n) is 19.5. The number of ether oxygens (including phenoxy) is 3. The second kappa shape index (κ2) is 8.67. The molecule has 0 unspecified atom stereocenters. The lowest BCUT2D eigenvalue weighted by Crippen LogP contribution is -2.10. The topological polar surface area (TPSA) is 107 Å². The smallest absolute Gasteiger partial charge is 0.228 e. The van der Waals surface area contributed by atoms with Gasteiger partial charge in [-0.1, -0.05) is 6.07 Å². The molecule has 0 radical (unpaired) electrons. The first-order valence-electron chi connectivity index (χ1n) is 12.1. The molecule has 0 atom stereocenters. The van der Waals surface area contributed by atoms with Crippen molar-refractivity contribution in [3.63, 3.8) is 0 Å². The molecule has 2 aliphatic rings. The average molecular weight is 481 g/mol. The fourth-order valence-electron chi connectivity index (χ4n) is 4.42. The molecular weight excluding hydrogens is 456 g/mol. The van der Waals surface area contributed by atoms with Gasteiger partial charge in [-0.2, -0.15) is 9.97 Å². The van der Waals surface area contributed by atoms with E-state index in [0.717, 1.165) is 45.2 Å². The lowest BCUT2D eigenvalue weighted by molar-refractivity contribution is 0.216. The fraction of sp³-hybridized carbons (Fsp3) is 0.259. The van der Waals surface area contributed by atoms with E-state index >= 15 is 0 Å². The number of rotatable bonds is 3. The van der Waals surface area contributed by atoms with Crippen molar-refractivity contribution in [1.29, 1.82) is 0 Å². The predicted molar refractivity (Wildman–Crippen MR) is 135 cm³/mol. The van der Waals surface area contributed by atoms with Crippen LogP contribution in [0, 0.1) is 5.92 Å². The van der Waals surface area contributed by atoms with Crippen LogP contribution < -0.4 is 19.5 Å². The standard InChI is InChI=1S/C27H24N6O3/c1-2-16(1)11-31-27-32-25-24-22(14-30-25)18-3-4-23-19(8-18)9-21(13-29-23)35-6-5-34-20-7-17(10-28-12-20)15-36-26(24)33-27/h3-4,7-10,12-14,16H,1-2,5-6,11,15H2,(H2,30,31,32,33). The van der Waals surface area contributed by atoms with Crippen LogP contribution in [-0.4, -0.2) is 44.7 Å². The summed E-state index contributed by atoms with van der Waals surface area (Å²) < 4.78 is 18.0. The molecule has 36 heavy (non-hydrogen) atoms. The molecule has 0 spiro atoms. The maximum Gasteiger partial charge on any atom is 0.228 e. The van der Waals surface area contributed by atoms with Crippen LogP contribution in [0.3, 0.4) is 0 Å². The third-order valence-corrected chi connectivity index (χ3v) is 6.48. The Kier molecular flexibility index (Phi) is 5.04. The van der Waals surface area contributed by atoms with Crippen molar-refractivity contribution in [3.05, 3.63) is 60.7 Å². The largest absolute Gasteiger partial charge is 0.488 e. The van der Waals surface area contributed by atoms with Crippen LogP contribution in [0.1, 0.15) is 18.4 Å². The number of hydrogen-bond acceptors (Lipinski definition) is 8. The van der Waals surface area contributed by atoms with Gasteiger partial charge in [-0.15, -0.1) is 0 Å². The van der Waals surface area contributed by atoms with Crippen molar-refractivity contribution in [2.45, 2.75) is 19.4 Å². The molecule has 9 nitrogen and oxygen atoms in total. The summed E-state index contributed by atoms with van der Waals surface area (Å²) in [5.41, 5.74) is 4.46. The van der Waals surface area contributed by atoms with E-state index in [1.54, 1.807) is 18.6 Å². The first-order chi connectivity index (χ1) is 17.8. The third kappa shape index (κ3) is 4.13. The summed E-state index contributed by atoms with van der Waals surface area (Å²) in [6.07, 6.45) is 9.64. The number of nitrogens with one attached hydrogen (secondary N) is 2. The number of anilines is 1. The van der Waals surface area contributed by atoms with E-state index in [1.807, 2.05) is 24.4 Å². The van der Waals surface area contributed by atoms with Crippen LogP contribution >= 0.6 is 0 Å². The molecule has 5 bridgehead atoms. The minimum atomic E-state index is 0.295. The highest BCUT2D eigenvalue weighted by Gasteiger charge is 2.22. The Morgan fingerprint density at radius 2 is 1.83 bits per heavy atom. The molecular formula is C27H24N6O3. The Morgan fingerprint density at radius 3 is 2.72 bits per heavy atom. The maximum atomic E-state index is 6.30. The van der Waals surface area contributed by atoms with Gasteiger partial charge in [-0.3, -0.25) is 9.97 Å². The number of pyridine rings is 2. The number of aromatic amines is 1. The lowest BCUT2D eigenvalue weighted by Gasteiger charge is -2.12. The van der Waals surface area contributed by atoms with Crippen LogP contribution in [0.4, 0.5) is 5.95 Å². The molecule has 5 heterocycles. The van der Waals surface area contributed by atoms with Crippen LogP contribution in [0.15, 0.2) is 55.1 Å². The van der Waals surface area contributed by atoms with Gasteiger partial charge >= 0.3 is 0 Å². The van der Waals surface area contributed by atoms with Gasteiger partial charge in [0.2, 0.25) is 11.8 Å². The van der Waals surface area contributed by atoms with Gasteiger partial charge in [0.15, 0.2) is 0 Å². The van der Waals surface area contributed by atoms with E-state index in [1.165, 1.54) is 12.8 Å². The van der Waals surface area contributed by atoms with Gasteiger partial charge in [-0.05, 0) is 48.6 Å². The molecule has 0 saturated heterocycles. The summed E-state index contributed by atoms with van der Waals surface area (Å²) in [6.45, 7) is 1.94. The minimum Gasteiger partial charge on any atom is -0.488 e. The number of H-pyrrole nitrogens is 1. The van der Waals surface area contributed by atoms with Crippen molar-refractivity contribution in [1.82, 2.24) is 24.9 Å². The second-order valence-corrected chi connectivity index (χ2v) is 9.20. The Bertz CT molecular complexity index is 1580. The molecule has 7 rings (SSSR count). The van der Waals surface area contributed by atoms with Crippen molar-refractivity contribution in [3.8, 4) is 28.5 Å². The summed E-state index contributed by atoms with van der Waals surface area (Å²) in [5.74, 6) is 3.12. The second-order valence-electron chi connectivity index (χ2n) is 9.20. The number of nitrogens with zero attached hydrogens (tertiary/aromatic N) is 4. The average Bonchev–Trinajstić information content (AvgIpc) is 3.64. The first kappa shape index (κ1) is 20.9. The lowest BCUT2D eigenvalue weighted by atomic mass is 10.0. The number of hydrogen-bond donors (Lipinski definition) is 2. The van der Waals surface area contributed by atoms with Gasteiger partial charge in [0.1, 0.15) is 37.0 Å². The molecule has 1 aliphatic heterocycles. The quantitative estimate of drug-likeness (QED) is 0.381. The monoisotopic (exact) mass is 480 g/mol. The van der Waals surface area contributed by atoms with Crippen LogP contribution in [0.2, 0.25) is 0 Å². The summed E-state index contributed by atoms with van der Waals surface area (Å²) in [5, 5.41) is 5.18. The van der Waals surface area contributed by atoms with E-state index in [4.69, 9.17) is 24.2 Å². The highest BCUT2D eigenvalue weighted by molar-refractivity contribution is 5.99. The third-order valence-electron chi connectivity index (χ3n) is 6.48. The van der Waals surface area contributed by atoms with E-state index in [9.17, 15) is 0 Å². The van der Waals surface area contributed by atoms with Crippen molar-refractivity contribution in [2.75, 3.05) is 25.1 Å². The van der Waals surface area contributed by atoms with Crippen LogP contribution in [-0.2, 0) is 6.61 Å². The van der Waals surface area contributed by atoms with Gasteiger partial charge in [0.25, 0.3) is 0 Å². The maximum absolute atomic E-state index is 6.30. The number of benzene rings is 1. The SMILES string of the molecule is c1ncc2cc1COc1nc(NCC3CC3)nc3[nH]cc(c13)-c1ccc3ncc(cc3c1)OCCO2. The molecule has 5 aromatic rings. The number of fused-ring (bicyclic) bond motifs is 5. The van der Waals surface area contributed by atoms with Crippen LogP contribution in [0.25, 0.3) is 33.1 Å². The fourth-order valence-corrected chi connectivity index (χ4v) is 4.42. The molecule has 0 amide bonds. The van der Waals surface area contributed by atoms with Crippen LogP contribution in [0.5, 0.6) is 17.4 Å². The van der Waals surface area contributed by atoms with Gasteiger partial charge in [0, 0.05) is 35.5 Å². The van der Waals surface area contributed by atoms with E-state index in [0.29, 0.717) is 49.1 Å². The molecule has 1 saturated carbocycles. The summed E-state index contributed by atoms with van der Waals surface area (Å²) in [6, 6.07) is 10.1. The Hall–Kier alpha value is -4.40. The molecule has 1 aliphatic carbocycles. The summed E-state index contributed by atoms with van der Waals surface area (Å²) >= 11 is 0. The molecule has 4 aromatic heterocycles. The van der Waals surface area contributed by atoms with E-state index in [-0.39, 0.29) is 0 Å². The van der Waals surface area contributed by atoms with Gasteiger partial charge < -0.3 is 24.5 Å². The summed E-state index contributed by atoms with van der Waals surface area (Å²) in [7, 11) is 0. The van der Waals surface area contributed by atoms with E-state index < -0.39 is 0 Å².